The maximum atomic E-state index is 13.6. The Hall–Kier alpha value is -2.76. The van der Waals surface area contributed by atoms with Gasteiger partial charge in [-0.25, -0.2) is 8.78 Å². The lowest BCUT2D eigenvalue weighted by Gasteiger charge is -2.11. The van der Waals surface area contributed by atoms with Crippen LogP contribution in [0.4, 0.5) is 14.5 Å². The molecule has 0 heterocycles. The standard InChI is InChI=1S/C17H16F2N2O2/c1-2-10-20-16(22)11-6-3-4-9-14(11)21-17(23)15-12(18)7-5-8-13(15)19/h3-9H,2,10H2,1H3,(H,20,22)(H,21,23). The third-order valence-corrected chi connectivity index (χ3v) is 3.15. The summed E-state index contributed by atoms with van der Waals surface area (Å²) in [5.74, 6) is -3.24. The van der Waals surface area contributed by atoms with Crippen LogP contribution >= 0.6 is 0 Å². The Bertz CT molecular complexity index is 712. The molecule has 0 bridgehead atoms. The number of anilines is 1. The van der Waals surface area contributed by atoms with Crippen molar-refractivity contribution in [2.45, 2.75) is 13.3 Å². The summed E-state index contributed by atoms with van der Waals surface area (Å²) >= 11 is 0. The van der Waals surface area contributed by atoms with Gasteiger partial charge < -0.3 is 10.6 Å². The third-order valence-electron chi connectivity index (χ3n) is 3.15. The molecular weight excluding hydrogens is 302 g/mol. The molecular formula is C17H16F2N2O2. The predicted molar refractivity (Wildman–Crippen MR) is 83.4 cm³/mol. The molecule has 4 nitrogen and oxygen atoms in total. The number of para-hydroxylation sites is 1. The van der Waals surface area contributed by atoms with Crippen LogP contribution in [0.5, 0.6) is 0 Å². The number of rotatable bonds is 5. The normalized spacial score (nSPS) is 10.2. The minimum atomic E-state index is -0.963. The highest BCUT2D eigenvalue weighted by molar-refractivity contribution is 6.09. The molecule has 2 N–H and O–H groups in total. The zero-order chi connectivity index (χ0) is 16.8. The molecule has 0 fully saturated rings. The molecule has 2 aromatic rings. The Morgan fingerprint density at radius 1 is 0.957 bits per heavy atom. The Labute approximate surface area is 132 Å². The van der Waals surface area contributed by atoms with Gasteiger partial charge in [0, 0.05) is 6.54 Å². The number of nitrogens with one attached hydrogen (secondary N) is 2. The van der Waals surface area contributed by atoms with Crippen molar-refractivity contribution >= 4 is 17.5 Å². The van der Waals surface area contributed by atoms with Gasteiger partial charge in [0.25, 0.3) is 11.8 Å². The van der Waals surface area contributed by atoms with Crippen LogP contribution in [0.2, 0.25) is 0 Å². The molecule has 0 aromatic heterocycles. The van der Waals surface area contributed by atoms with Gasteiger partial charge in [0.2, 0.25) is 0 Å². The Balaban J connectivity index is 2.27. The van der Waals surface area contributed by atoms with Gasteiger partial charge in [-0.05, 0) is 30.7 Å². The van der Waals surface area contributed by atoms with Crippen molar-refractivity contribution in [1.82, 2.24) is 5.32 Å². The van der Waals surface area contributed by atoms with E-state index in [1.54, 1.807) is 12.1 Å². The number of amides is 2. The van der Waals surface area contributed by atoms with Crippen LogP contribution in [0.25, 0.3) is 0 Å². The minimum Gasteiger partial charge on any atom is -0.352 e. The first kappa shape index (κ1) is 16.6. The number of benzene rings is 2. The molecule has 0 saturated carbocycles. The van der Waals surface area contributed by atoms with Gasteiger partial charge in [-0.15, -0.1) is 0 Å². The first-order valence-corrected chi connectivity index (χ1v) is 7.17. The lowest BCUT2D eigenvalue weighted by molar-refractivity contribution is 0.0954. The van der Waals surface area contributed by atoms with Crippen LogP contribution < -0.4 is 10.6 Å². The molecule has 2 amide bonds. The van der Waals surface area contributed by atoms with Gasteiger partial charge in [-0.1, -0.05) is 25.1 Å². The van der Waals surface area contributed by atoms with E-state index in [0.717, 1.165) is 18.6 Å². The molecule has 0 aliphatic carbocycles. The smallest absolute Gasteiger partial charge is 0.261 e. The van der Waals surface area contributed by atoms with Crippen molar-refractivity contribution in [2.75, 3.05) is 11.9 Å². The van der Waals surface area contributed by atoms with Gasteiger partial charge in [0.15, 0.2) is 0 Å². The summed E-state index contributed by atoms with van der Waals surface area (Å²) in [5, 5.41) is 5.07. The predicted octanol–water partition coefficient (Wildman–Crippen LogP) is 3.36. The van der Waals surface area contributed by atoms with Crippen LogP contribution in [0.3, 0.4) is 0 Å². The summed E-state index contributed by atoms with van der Waals surface area (Å²) in [5.41, 5.74) is -0.268. The van der Waals surface area contributed by atoms with Crippen LogP contribution in [-0.2, 0) is 0 Å². The van der Waals surface area contributed by atoms with E-state index in [1.807, 2.05) is 6.92 Å². The largest absolute Gasteiger partial charge is 0.352 e. The fourth-order valence-electron chi connectivity index (χ4n) is 2.02. The molecule has 23 heavy (non-hydrogen) atoms. The summed E-state index contributed by atoms with van der Waals surface area (Å²) in [6.07, 6.45) is 0.765. The highest BCUT2D eigenvalue weighted by atomic mass is 19.1. The van der Waals surface area contributed by atoms with Crippen LogP contribution in [0.1, 0.15) is 34.1 Å². The van der Waals surface area contributed by atoms with Gasteiger partial charge in [0.05, 0.1) is 11.3 Å². The van der Waals surface area contributed by atoms with Crippen LogP contribution in [0, 0.1) is 11.6 Å². The molecule has 0 aliphatic heterocycles. The second-order valence-electron chi connectivity index (χ2n) is 4.85. The quantitative estimate of drug-likeness (QED) is 0.888. The summed E-state index contributed by atoms with van der Waals surface area (Å²) in [6.45, 7) is 2.40. The summed E-state index contributed by atoms with van der Waals surface area (Å²) in [4.78, 5) is 24.2. The highest BCUT2D eigenvalue weighted by Crippen LogP contribution is 2.18. The van der Waals surface area contributed by atoms with E-state index < -0.39 is 23.1 Å². The fraction of sp³-hybridized carbons (Fsp3) is 0.176. The molecule has 0 saturated heterocycles. The van der Waals surface area contributed by atoms with Crippen molar-refractivity contribution in [3.63, 3.8) is 0 Å². The van der Waals surface area contributed by atoms with Crippen molar-refractivity contribution in [1.29, 1.82) is 0 Å². The van der Waals surface area contributed by atoms with E-state index in [4.69, 9.17) is 0 Å². The average molecular weight is 318 g/mol. The second-order valence-corrected chi connectivity index (χ2v) is 4.85. The lowest BCUT2D eigenvalue weighted by Crippen LogP contribution is -2.26. The van der Waals surface area contributed by atoms with Crippen molar-refractivity contribution < 1.29 is 18.4 Å². The van der Waals surface area contributed by atoms with E-state index in [-0.39, 0.29) is 17.2 Å². The number of carbonyl (C=O) groups excluding carboxylic acids is 2. The first-order valence-electron chi connectivity index (χ1n) is 7.17. The van der Waals surface area contributed by atoms with Crippen LogP contribution in [-0.4, -0.2) is 18.4 Å². The van der Waals surface area contributed by atoms with Gasteiger partial charge >= 0.3 is 0 Å². The summed E-state index contributed by atoms with van der Waals surface area (Å²) in [6, 6.07) is 9.45. The maximum absolute atomic E-state index is 13.6. The fourth-order valence-corrected chi connectivity index (χ4v) is 2.02. The van der Waals surface area contributed by atoms with Crippen molar-refractivity contribution in [3.8, 4) is 0 Å². The molecule has 0 spiro atoms. The summed E-state index contributed by atoms with van der Waals surface area (Å²) in [7, 11) is 0. The zero-order valence-corrected chi connectivity index (χ0v) is 12.5. The van der Waals surface area contributed by atoms with E-state index in [0.29, 0.717) is 6.54 Å². The van der Waals surface area contributed by atoms with E-state index in [1.165, 1.54) is 18.2 Å². The number of carbonyl (C=O) groups is 2. The number of halogens is 2. The van der Waals surface area contributed by atoms with E-state index >= 15 is 0 Å². The molecule has 0 unspecified atom stereocenters. The molecule has 2 aromatic carbocycles. The molecule has 120 valence electrons. The zero-order valence-electron chi connectivity index (χ0n) is 12.5. The Morgan fingerprint density at radius 2 is 1.61 bits per heavy atom. The van der Waals surface area contributed by atoms with Crippen molar-refractivity contribution in [3.05, 3.63) is 65.2 Å². The molecule has 0 aliphatic rings. The summed E-state index contributed by atoms with van der Waals surface area (Å²) < 4.78 is 27.3. The highest BCUT2D eigenvalue weighted by Gasteiger charge is 2.19. The van der Waals surface area contributed by atoms with E-state index in [9.17, 15) is 18.4 Å². The van der Waals surface area contributed by atoms with Gasteiger partial charge in [-0.2, -0.15) is 0 Å². The molecule has 2 rings (SSSR count). The first-order chi connectivity index (χ1) is 11.0. The topological polar surface area (TPSA) is 58.2 Å². The average Bonchev–Trinajstić information content (AvgIpc) is 2.53. The lowest BCUT2D eigenvalue weighted by atomic mass is 10.1. The van der Waals surface area contributed by atoms with Crippen LogP contribution in [0.15, 0.2) is 42.5 Å². The van der Waals surface area contributed by atoms with E-state index in [2.05, 4.69) is 10.6 Å². The molecule has 6 heteroatoms. The Kier molecular flexibility index (Phi) is 5.41. The number of hydrogen-bond acceptors (Lipinski definition) is 2. The molecule has 0 atom stereocenters. The second kappa shape index (κ2) is 7.49. The Morgan fingerprint density at radius 3 is 2.26 bits per heavy atom. The van der Waals surface area contributed by atoms with Gasteiger partial charge in [0.1, 0.15) is 17.2 Å². The van der Waals surface area contributed by atoms with Crippen molar-refractivity contribution in [2.24, 2.45) is 0 Å². The van der Waals surface area contributed by atoms with Gasteiger partial charge in [-0.3, -0.25) is 9.59 Å². The third kappa shape index (κ3) is 3.91. The maximum Gasteiger partial charge on any atom is 0.261 e. The SMILES string of the molecule is CCCNC(=O)c1ccccc1NC(=O)c1c(F)cccc1F. The monoisotopic (exact) mass is 318 g/mol. The number of hydrogen-bond donors (Lipinski definition) is 2. The minimum absolute atomic E-state index is 0.189. The molecule has 0 radical (unpaired) electrons.